The first-order valence-corrected chi connectivity index (χ1v) is 6.82. The van der Waals surface area contributed by atoms with Gasteiger partial charge in [0.15, 0.2) is 0 Å². The zero-order chi connectivity index (χ0) is 15.6. The fourth-order valence-electron chi connectivity index (χ4n) is 1.62. The van der Waals surface area contributed by atoms with Crippen LogP contribution < -0.4 is 0 Å². The van der Waals surface area contributed by atoms with Crippen LogP contribution in [0.1, 0.15) is 5.56 Å². The summed E-state index contributed by atoms with van der Waals surface area (Å²) in [4.78, 5) is 34.0. The van der Waals surface area contributed by atoms with E-state index in [9.17, 15) is 19.7 Å². The summed E-state index contributed by atoms with van der Waals surface area (Å²) in [6, 6.07) is 5.65. The lowest BCUT2D eigenvalue weighted by molar-refractivity contribution is -0.384. The molecular weight excluding hydrogens is 316 g/mol. The van der Waals surface area contributed by atoms with Crippen molar-refractivity contribution < 1.29 is 19.6 Å². The highest BCUT2D eigenvalue weighted by Gasteiger charge is 2.33. The van der Waals surface area contributed by atoms with Crippen molar-refractivity contribution in [1.29, 1.82) is 0 Å². The predicted molar refractivity (Wildman–Crippen MR) is 80.6 cm³/mol. The molecule has 9 heteroatoms. The van der Waals surface area contributed by atoms with Gasteiger partial charge in [-0.15, -0.1) is 0 Å². The number of aliphatic carboxylic acids is 1. The molecule has 0 aromatic heterocycles. The third-order valence-electron chi connectivity index (χ3n) is 2.57. The molecule has 0 atom stereocenters. The van der Waals surface area contributed by atoms with Crippen LogP contribution in [-0.2, 0) is 9.59 Å². The van der Waals surface area contributed by atoms with Gasteiger partial charge in [0.05, 0.1) is 9.83 Å². The van der Waals surface area contributed by atoms with Crippen molar-refractivity contribution in [1.82, 2.24) is 4.90 Å². The Bertz CT molecular complexity index is 669. The maximum absolute atomic E-state index is 12.0. The molecule has 7 nitrogen and oxygen atoms in total. The summed E-state index contributed by atoms with van der Waals surface area (Å²) in [6.45, 7) is -0.484. The van der Waals surface area contributed by atoms with Crippen LogP contribution in [0.3, 0.4) is 0 Å². The van der Waals surface area contributed by atoms with Crippen LogP contribution in [0.5, 0.6) is 0 Å². The van der Waals surface area contributed by atoms with Crippen molar-refractivity contribution in [2.45, 2.75) is 0 Å². The van der Waals surface area contributed by atoms with Gasteiger partial charge >= 0.3 is 5.97 Å². The summed E-state index contributed by atoms with van der Waals surface area (Å²) in [5, 5.41) is 19.3. The fourth-order valence-corrected chi connectivity index (χ4v) is 2.87. The lowest BCUT2D eigenvalue weighted by Crippen LogP contribution is -2.33. The Kier molecular flexibility index (Phi) is 4.34. The van der Waals surface area contributed by atoms with Crippen LogP contribution in [0.2, 0.25) is 0 Å². The summed E-state index contributed by atoms with van der Waals surface area (Å²) < 4.78 is 0.176. The Morgan fingerprint density at radius 1 is 1.43 bits per heavy atom. The van der Waals surface area contributed by atoms with E-state index in [-0.39, 0.29) is 14.9 Å². The molecule has 0 bridgehead atoms. The molecule has 1 heterocycles. The summed E-state index contributed by atoms with van der Waals surface area (Å²) in [5.41, 5.74) is 0.544. The maximum Gasteiger partial charge on any atom is 0.323 e. The fraction of sp³-hybridized carbons (Fsp3) is 0.0833. The molecule has 2 rings (SSSR count). The molecule has 1 fully saturated rings. The second-order valence-electron chi connectivity index (χ2n) is 4.01. The van der Waals surface area contributed by atoms with Gasteiger partial charge < -0.3 is 5.11 Å². The molecule has 0 unspecified atom stereocenters. The zero-order valence-electron chi connectivity index (χ0n) is 10.4. The average Bonchev–Trinajstić information content (AvgIpc) is 2.67. The highest BCUT2D eigenvalue weighted by Crippen LogP contribution is 2.32. The molecular formula is C12H8N2O5S2. The van der Waals surface area contributed by atoms with Gasteiger partial charge in [-0.3, -0.25) is 24.6 Å². The van der Waals surface area contributed by atoms with E-state index < -0.39 is 23.3 Å². The normalized spacial score (nSPS) is 16.6. The Morgan fingerprint density at radius 3 is 2.57 bits per heavy atom. The number of hydrogen-bond acceptors (Lipinski definition) is 6. The first kappa shape index (κ1) is 15.1. The minimum atomic E-state index is -1.15. The Hall–Kier alpha value is -2.26. The molecule has 1 saturated heterocycles. The topological polar surface area (TPSA) is 101 Å². The van der Waals surface area contributed by atoms with Crippen molar-refractivity contribution in [3.8, 4) is 0 Å². The van der Waals surface area contributed by atoms with E-state index in [1.54, 1.807) is 0 Å². The second-order valence-corrected chi connectivity index (χ2v) is 5.69. The number of nitro groups is 1. The van der Waals surface area contributed by atoms with Crippen LogP contribution in [-0.4, -0.2) is 37.7 Å². The maximum atomic E-state index is 12.0. The minimum absolute atomic E-state index is 0.0504. The van der Waals surface area contributed by atoms with Crippen molar-refractivity contribution in [2.75, 3.05) is 6.54 Å². The molecule has 1 aromatic rings. The number of nitro benzene ring substituents is 1. The van der Waals surface area contributed by atoms with Gasteiger partial charge in [-0.25, -0.2) is 0 Å². The average molecular weight is 324 g/mol. The lowest BCUT2D eigenvalue weighted by Gasteiger charge is -2.10. The van der Waals surface area contributed by atoms with E-state index in [1.165, 1.54) is 30.3 Å². The van der Waals surface area contributed by atoms with Crippen LogP contribution in [0.25, 0.3) is 6.08 Å². The molecule has 21 heavy (non-hydrogen) atoms. The number of rotatable bonds is 4. The van der Waals surface area contributed by atoms with E-state index in [1.807, 2.05) is 0 Å². The van der Waals surface area contributed by atoms with E-state index in [2.05, 4.69) is 0 Å². The molecule has 0 spiro atoms. The molecule has 1 aliphatic heterocycles. The van der Waals surface area contributed by atoms with Gasteiger partial charge in [0.1, 0.15) is 10.9 Å². The van der Waals surface area contributed by atoms with Gasteiger partial charge in [-0.2, -0.15) is 0 Å². The summed E-state index contributed by atoms with van der Waals surface area (Å²) in [6.07, 6.45) is 1.52. The number of benzene rings is 1. The molecule has 108 valence electrons. The molecule has 0 radical (unpaired) electrons. The number of amides is 1. The Morgan fingerprint density at radius 2 is 2.05 bits per heavy atom. The molecule has 1 aliphatic rings. The van der Waals surface area contributed by atoms with E-state index >= 15 is 0 Å². The van der Waals surface area contributed by atoms with Crippen LogP contribution in [0, 0.1) is 10.1 Å². The standard InChI is InChI=1S/C12H8N2O5S2/c15-10(16)6-13-11(17)9(21-12(13)20)5-7-1-3-8(4-2-7)14(18)19/h1-5H,6H2,(H,15,16)/b9-5+. The largest absolute Gasteiger partial charge is 0.480 e. The number of carboxylic acids is 1. The number of carboxylic acid groups (broad SMARTS) is 1. The highest BCUT2D eigenvalue weighted by molar-refractivity contribution is 8.26. The smallest absolute Gasteiger partial charge is 0.323 e. The van der Waals surface area contributed by atoms with E-state index in [0.717, 1.165) is 16.7 Å². The molecule has 0 saturated carbocycles. The van der Waals surface area contributed by atoms with Gasteiger partial charge in [0.2, 0.25) is 0 Å². The van der Waals surface area contributed by atoms with Gasteiger partial charge in [0, 0.05) is 12.1 Å². The minimum Gasteiger partial charge on any atom is -0.480 e. The first-order valence-electron chi connectivity index (χ1n) is 5.60. The SMILES string of the molecule is O=C(O)CN1C(=O)/C(=C\c2ccc([N+](=O)[O-])cc2)SC1=S. The monoisotopic (exact) mass is 324 g/mol. The highest BCUT2D eigenvalue weighted by atomic mass is 32.2. The molecule has 0 aliphatic carbocycles. The van der Waals surface area contributed by atoms with Crippen LogP contribution >= 0.6 is 24.0 Å². The second kappa shape index (κ2) is 6.02. The summed E-state index contributed by atoms with van der Waals surface area (Å²) in [7, 11) is 0. The number of carbonyl (C=O) groups excluding carboxylic acids is 1. The van der Waals surface area contributed by atoms with Crippen LogP contribution in [0.4, 0.5) is 5.69 Å². The van der Waals surface area contributed by atoms with E-state index in [4.69, 9.17) is 17.3 Å². The number of thioether (sulfide) groups is 1. The van der Waals surface area contributed by atoms with Crippen LogP contribution in [0.15, 0.2) is 29.2 Å². The molecule has 1 amide bonds. The quantitative estimate of drug-likeness (QED) is 0.390. The number of thiocarbonyl (C=S) groups is 1. The zero-order valence-corrected chi connectivity index (χ0v) is 12.0. The lowest BCUT2D eigenvalue weighted by atomic mass is 10.2. The Balaban J connectivity index is 2.22. The van der Waals surface area contributed by atoms with Gasteiger partial charge in [0.25, 0.3) is 11.6 Å². The van der Waals surface area contributed by atoms with E-state index in [0.29, 0.717) is 5.56 Å². The number of non-ortho nitro benzene ring substituents is 1. The number of nitrogens with zero attached hydrogens (tertiary/aromatic N) is 2. The number of hydrogen-bond donors (Lipinski definition) is 1. The van der Waals surface area contributed by atoms with Gasteiger partial charge in [-0.05, 0) is 23.8 Å². The third kappa shape index (κ3) is 3.44. The first-order chi connectivity index (χ1) is 9.88. The number of carbonyl (C=O) groups is 2. The third-order valence-corrected chi connectivity index (χ3v) is 3.95. The predicted octanol–water partition coefficient (Wildman–Crippen LogP) is 1.88. The van der Waals surface area contributed by atoms with Crippen molar-refractivity contribution in [3.63, 3.8) is 0 Å². The summed E-state index contributed by atoms with van der Waals surface area (Å²) >= 11 is 5.96. The Labute approximate surface area is 128 Å². The van der Waals surface area contributed by atoms with Crippen molar-refractivity contribution in [2.24, 2.45) is 0 Å². The molecule has 1 N–H and O–H groups in total. The molecule has 1 aromatic carbocycles. The van der Waals surface area contributed by atoms with Gasteiger partial charge in [-0.1, -0.05) is 24.0 Å². The van der Waals surface area contributed by atoms with Crippen molar-refractivity contribution in [3.05, 3.63) is 44.8 Å². The summed E-state index contributed by atoms with van der Waals surface area (Å²) in [5.74, 6) is -1.63. The van der Waals surface area contributed by atoms with Crippen molar-refractivity contribution >= 4 is 51.9 Å².